The number of rotatable bonds is 8. The lowest BCUT2D eigenvalue weighted by Gasteiger charge is -2.39. The molecule has 2 aromatic heterocycles. The molecule has 4 bridgehead atoms. The third-order valence-corrected chi connectivity index (χ3v) is 12.5. The van der Waals surface area contributed by atoms with Gasteiger partial charge in [0.2, 0.25) is 0 Å². The van der Waals surface area contributed by atoms with Gasteiger partial charge in [0.1, 0.15) is 11.5 Å². The van der Waals surface area contributed by atoms with Crippen molar-refractivity contribution in [2.24, 2.45) is 5.92 Å². The fourth-order valence-corrected chi connectivity index (χ4v) is 10.2. The quantitative estimate of drug-likeness (QED) is 0.197. The Morgan fingerprint density at radius 2 is 1.83 bits per heavy atom. The van der Waals surface area contributed by atoms with Crippen molar-refractivity contribution in [1.82, 2.24) is 10.1 Å². The maximum Gasteiger partial charge on any atom is 0.335 e. The van der Waals surface area contributed by atoms with Gasteiger partial charge in [0, 0.05) is 35.5 Å². The summed E-state index contributed by atoms with van der Waals surface area (Å²) in [5.74, 6) is 1.05. The number of aromatic nitrogens is 2. The van der Waals surface area contributed by atoms with E-state index in [-0.39, 0.29) is 24.2 Å². The SMILES string of the molecule is O=C(O)c1cc([C@H]2C[C@H]3CCC[C@@H](C2)O3)c2nc(N3C[C@@H]4C[C@H]3C[C@H]4OCc3c(-c4c(Cl)cccc4Cl)noc3C3CC3)sc2c1. The van der Waals surface area contributed by atoms with Crippen LogP contribution >= 0.6 is 34.5 Å². The van der Waals surface area contributed by atoms with Crippen LogP contribution in [0.2, 0.25) is 10.0 Å². The van der Waals surface area contributed by atoms with E-state index < -0.39 is 5.97 Å². The summed E-state index contributed by atoms with van der Waals surface area (Å²) in [4.78, 5) is 19.8. The topological polar surface area (TPSA) is 97.9 Å². The van der Waals surface area contributed by atoms with Crippen molar-refractivity contribution in [1.29, 1.82) is 0 Å². The molecule has 9 rings (SSSR count). The summed E-state index contributed by atoms with van der Waals surface area (Å²) in [5.41, 5.74) is 4.74. The van der Waals surface area contributed by atoms with Crippen LogP contribution < -0.4 is 4.90 Å². The number of ether oxygens (including phenoxy) is 2. The number of piperidine rings is 1. The second kappa shape index (κ2) is 11.5. The molecule has 4 aromatic rings. The second-order valence-corrected chi connectivity index (χ2v) is 15.6. The Balaban J connectivity index is 0.946. The number of hydrogen-bond acceptors (Lipinski definition) is 8. The standard InChI is InChI=1S/C35H35Cl2N3O5S/c36-26-5-2-6-27(37)30(26)32-25(33(45-39-32)17-7-8-17)16-43-28-14-21-9-20(28)15-40(21)35-38-31-24(12-19(34(41)42)13-29(31)46-35)18-10-22-3-1-4-23(11-18)44-22/h2,5-6,12-13,17-18,20-23,28H,1,3-4,7-11,14-16H2,(H,41,42)/t18-,20-,21-,22+,23-,28+/m0/s1. The van der Waals surface area contributed by atoms with E-state index in [0.717, 1.165) is 90.1 Å². The van der Waals surface area contributed by atoms with Gasteiger partial charge in [-0.1, -0.05) is 45.8 Å². The van der Waals surface area contributed by atoms with Gasteiger partial charge in [-0.25, -0.2) is 9.78 Å². The van der Waals surface area contributed by atoms with E-state index >= 15 is 0 Å². The molecule has 3 saturated heterocycles. The number of aromatic carboxylic acids is 1. The largest absolute Gasteiger partial charge is 0.478 e. The highest BCUT2D eigenvalue weighted by molar-refractivity contribution is 7.22. The van der Waals surface area contributed by atoms with E-state index in [0.29, 0.717) is 51.4 Å². The molecule has 0 amide bonds. The zero-order valence-corrected chi connectivity index (χ0v) is 27.6. The van der Waals surface area contributed by atoms with E-state index in [2.05, 4.69) is 10.1 Å². The predicted molar refractivity (Wildman–Crippen MR) is 177 cm³/mol. The van der Waals surface area contributed by atoms with Crippen molar-refractivity contribution >= 4 is 55.9 Å². The zero-order chi connectivity index (χ0) is 31.1. The van der Waals surface area contributed by atoms with Gasteiger partial charge < -0.3 is 24.0 Å². The van der Waals surface area contributed by atoms with E-state index in [1.54, 1.807) is 11.3 Å². The highest BCUT2D eigenvalue weighted by Crippen LogP contribution is 2.49. The molecule has 1 N–H and O–H groups in total. The van der Waals surface area contributed by atoms with Crippen LogP contribution in [-0.2, 0) is 16.1 Å². The number of benzene rings is 2. The molecule has 3 aliphatic heterocycles. The molecule has 0 radical (unpaired) electrons. The Kier molecular flexibility index (Phi) is 7.35. The van der Waals surface area contributed by atoms with E-state index in [4.69, 9.17) is 42.2 Å². The summed E-state index contributed by atoms with van der Waals surface area (Å²) >= 11 is 14.8. The summed E-state index contributed by atoms with van der Waals surface area (Å²) in [7, 11) is 0. The Bertz CT molecular complexity index is 1810. The average Bonchev–Trinajstić information content (AvgIpc) is 3.34. The van der Waals surface area contributed by atoms with Gasteiger partial charge in [-0.3, -0.25) is 0 Å². The number of thiazole rings is 1. The first kappa shape index (κ1) is 29.4. The number of hydrogen-bond donors (Lipinski definition) is 1. The summed E-state index contributed by atoms with van der Waals surface area (Å²) in [6.45, 7) is 1.29. The molecule has 5 aliphatic rings. The monoisotopic (exact) mass is 679 g/mol. The van der Waals surface area contributed by atoms with Crippen molar-refractivity contribution in [2.75, 3.05) is 11.4 Å². The second-order valence-electron chi connectivity index (χ2n) is 13.8. The Morgan fingerprint density at radius 3 is 2.52 bits per heavy atom. The molecule has 2 aliphatic carbocycles. The number of nitrogens with zero attached hydrogens (tertiary/aromatic N) is 3. The Labute approximate surface area is 281 Å². The first-order valence-corrected chi connectivity index (χ1v) is 18.1. The minimum absolute atomic E-state index is 0.128. The molecular formula is C35H35Cl2N3O5S. The number of fused-ring (bicyclic) bond motifs is 5. The van der Waals surface area contributed by atoms with E-state index in [1.807, 2.05) is 30.3 Å². The molecule has 8 nitrogen and oxygen atoms in total. The van der Waals surface area contributed by atoms with Crippen LogP contribution in [0, 0.1) is 5.92 Å². The lowest BCUT2D eigenvalue weighted by molar-refractivity contribution is -0.0896. The third kappa shape index (κ3) is 5.14. The fraction of sp³-hybridized carbons (Fsp3) is 0.514. The minimum Gasteiger partial charge on any atom is -0.478 e. The normalized spacial score (nSPS) is 28.8. The molecule has 46 heavy (non-hydrogen) atoms. The van der Waals surface area contributed by atoms with Gasteiger partial charge in [-0.15, -0.1) is 0 Å². The maximum atomic E-state index is 12.1. The maximum absolute atomic E-state index is 12.1. The Hall–Kier alpha value is -2.69. The molecule has 11 heteroatoms. The lowest BCUT2D eigenvalue weighted by atomic mass is 9.80. The van der Waals surface area contributed by atoms with Gasteiger partial charge in [0.25, 0.3) is 0 Å². The predicted octanol–water partition coefficient (Wildman–Crippen LogP) is 8.83. The van der Waals surface area contributed by atoms with Crippen LogP contribution in [0.1, 0.15) is 96.9 Å². The highest BCUT2D eigenvalue weighted by Gasteiger charge is 2.47. The van der Waals surface area contributed by atoms with Crippen molar-refractivity contribution in [3.05, 3.63) is 62.8 Å². The van der Waals surface area contributed by atoms with Gasteiger partial charge in [0.15, 0.2) is 5.13 Å². The first-order chi connectivity index (χ1) is 22.4. The molecule has 5 heterocycles. The summed E-state index contributed by atoms with van der Waals surface area (Å²) in [6, 6.07) is 9.51. The summed E-state index contributed by atoms with van der Waals surface area (Å²) < 4.78 is 19.7. The Morgan fingerprint density at radius 1 is 1.04 bits per heavy atom. The number of halogens is 2. The molecule has 2 aromatic carbocycles. The van der Waals surface area contributed by atoms with E-state index in [1.165, 1.54) is 6.42 Å². The molecule has 6 atom stereocenters. The van der Waals surface area contributed by atoms with E-state index in [9.17, 15) is 9.90 Å². The number of carbonyl (C=O) groups is 1. The van der Waals surface area contributed by atoms with Gasteiger partial charge in [-0.05, 0) is 93.5 Å². The van der Waals surface area contributed by atoms with Crippen LogP contribution in [0.15, 0.2) is 34.9 Å². The number of anilines is 1. The smallest absolute Gasteiger partial charge is 0.335 e. The summed E-state index contributed by atoms with van der Waals surface area (Å²) in [5, 5.41) is 16.5. The molecular weight excluding hydrogens is 645 g/mol. The lowest BCUT2D eigenvalue weighted by Crippen LogP contribution is -2.38. The summed E-state index contributed by atoms with van der Waals surface area (Å²) in [6.07, 6.45) is 10.1. The zero-order valence-electron chi connectivity index (χ0n) is 25.3. The average molecular weight is 681 g/mol. The van der Waals surface area contributed by atoms with Crippen LogP contribution in [0.4, 0.5) is 5.13 Å². The molecule has 240 valence electrons. The van der Waals surface area contributed by atoms with Crippen LogP contribution in [-0.4, -0.2) is 52.1 Å². The van der Waals surface area contributed by atoms with Crippen LogP contribution in [0.3, 0.4) is 0 Å². The van der Waals surface area contributed by atoms with Crippen molar-refractivity contribution in [3.63, 3.8) is 0 Å². The van der Waals surface area contributed by atoms with Gasteiger partial charge in [0.05, 0.1) is 50.7 Å². The van der Waals surface area contributed by atoms with Crippen molar-refractivity contribution < 1.29 is 23.9 Å². The van der Waals surface area contributed by atoms with Crippen molar-refractivity contribution in [2.45, 2.75) is 101 Å². The van der Waals surface area contributed by atoms with Crippen molar-refractivity contribution in [3.8, 4) is 11.3 Å². The van der Waals surface area contributed by atoms with Gasteiger partial charge in [-0.2, -0.15) is 0 Å². The fourth-order valence-electron chi connectivity index (χ4n) is 8.50. The third-order valence-electron chi connectivity index (χ3n) is 10.9. The highest BCUT2D eigenvalue weighted by atomic mass is 35.5. The molecule has 2 saturated carbocycles. The molecule has 5 fully saturated rings. The number of carboxylic acid groups (broad SMARTS) is 1. The van der Waals surface area contributed by atoms with Gasteiger partial charge >= 0.3 is 5.97 Å². The minimum atomic E-state index is -0.886. The first-order valence-electron chi connectivity index (χ1n) is 16.5. The number of carboxylic acids is 1. The van der Waals surface area contributed by atoms with Crippen LogP contribution in [0.5, 0.6) is 0 Å². The molecule has 0 unspecified atom stereocenters. The van der Waals surface area contributed by atoms with Crippen LogP contribution in [0.25, 0.3) is 21.5 Å². The molecule has 0 spiro atoms.